The zero-order valence-corrected chi connectivity index (χ0v) is 11.1. The second-order valence-corrected chi connectivity index (χ2v) is 3.01. The highest BCUT2D eigenvalue weighted by Crippen LogP contribution is 2.05. The molecule has 0 aromatic carbocycles. The molecule has 0 radical (unpaired) electrons. The summed E-state index contributed by atoms with van der Waals surface area (Å²) in [5.41, 5.74) is 2.22. The lowest BCUT2D eigenvalue weighted by atomic mass is 10.2. The van der Waals surface area contributed by atoms with Crippen molar-refractivity contribution in [3.8, 4) is 0 Å². The quantitative estimate of drug-likeness (QED) is 0.586. The van der Waals surface area contributed by atoms with E-state index >= 15 is 0 Å². The summed E-state index contributed by atoms with van der Waals surface area (Å²) in [6.45, 7) is 20.3. The van der Waals surface area contributed by atoms with Crippen molar-refractivity contribution in [3.63, 3.8) is 0 Å². The van der Waals surface area contributed by atoms with Gasteiger partial charge in [-0.15, -0.1) is 0 Å². The van der Waals surface area contributed by atoms with Gasteiger partial charge in [-0.05, 0) is 26.3 Å². The Kier molecular flexibility index (Phi) is 12.2. The molecule has 0 saturated carbocycles. The Hall–Kier alpha value is -0.980. The Labute approximate surface area is 96.2 Å². The topological polar surface area (TPSA) is 3.24 Å². The van der Waals surface area contributed by atoms with E-state index in [2.05, 4.69) is 38.8 Å². The number of nitrogens with zero attached hydrogens (tertiary/aromatic N) is 1. The van der Waals surface area contributed by atoms with Crippen molar-refractivity contribution in [2.75, 3.05) is 13.1 Å². The first kappa shape index (κ1) is 16.4. The Balaban J connectivity index is 0. The number of likely N-dealkylation sites (N-methyl/N-ethyl adjacent to an activating group) is 1. The lowest BCUT2D eigenvalue weighted by Gasteiger charge is -2.20. The molecule has 0 aromatic heterocycles. The molecule has 1 nitrogen and oxygen atoms in total. The minimum absolute atomic E-state index is 1.00. The summed E-state index contributed by atoms with van der Waals surface area (Å²) in [7, 11) is 0. The van der Waals surface area contributed by atoms with Crippen LogP contribution in [0.15, 0.2) is 36.6 Å². The standard InChI is InChI=1S/C12H21N.C2H6/c1-6-11(4)9-10-12(5)13(7-2)8-3;1-2/h9-10H,4-8H2,1-3H3;1-2H3/b10-9-;. The Morgan fingerprint density at radius 3 is 1.80 bits per heavy atom. The highest BCUT2D eigenvalue weighted by molar-refractivity contribution is 5.23. The molecular formula is C14H27N. The van der Waals surface area contributed by atoms with Gasteiger partial charge in [-0.1, -0.05) is 45.6 Å². The van der Waals surface area contributed by atoms with Crippen molar-refractivity contribution in [2.24, 2.45) is 0 Å². The van der Waals surface area contributed by atoms with Crippen molar-refractivity contribution in [1.82, 2.24) is 4.90 Å². The smallest absolute Gasteiger partial charge is 0.0293 e. The molecule has 88 valence electrons. The minimum Gasteiger partial charge on any atom is -0.373 e. The van der Waals surface area contributed by atoms with Crippen LogP contribution in [0.1, 0.15) is 41.0 Å². The highest BCUT2D eigenvalue weighted by atomic mass is 15.1. The third-order valence-corrected chi connectivity index (χ3v) is 2.14. The highest BCUT2D eigenvalue weighted by Gasteiger charge is 1.97. The van der Waals surface area contributed by atoms with Crippen LogP contribution in [0, 0.1) is 0 Å². The van der Waals surface area contributed by atoms with Crippen LogP contribution in [0.3, 0.4) is 0 Å². The fraction of sp³-hybridized carbons (Fsp3) is 0.571. The molecule has 0 atom stereocenters. The van der Waals surface area contributed by atoms with Gasteiger partial charge in [-0.3, -0.25) is 0 Å². The predicted octanol–water partition coefficient (Wildman–Crippen LogP) is 4.39. The summed E-state index contributed by atoms with van der Waals surface area (Å²) in [6, 6.07) is 0. The number of rotatable bonds is 6. The normalized spacial score (nSPS) is 9.40. The van der Waals surface area contributed by atoms with E-state index in [0.717, 1.165) is 30.8 Å². The van der Waals surface area contributed by atoms with Crippen molar-refractivity contribution in [1.29, 1.82) is 0 Å². The number of hydrogen-bond donors (Lipinski definition) is 0. The maximum Gasteiger partial charge on any atom is 0.0293 e. The fourth-order valence-electron chi connectivity index (χ4n) is 1.07. The van der Waals surface area contributed by atoms with E-state index in [-0.39, 0.29) is 0 Å². The van der Waals surface area contributed by atoms with Gasteiger partial charge < -0.3 is 4.90 Å². The second kappa shape index (κ2) is 11.1. The molecule has 0 amide bonds. The molecular weight excluding hydrogens is 182 g/mol. The van der Waals surface area contributed by atoms with Gasteiger partial charge in [0.25, 0.3) is 0 Å². The first-order valence-electron chi connectivity index (χ1n) is 5.95. The molecule has 0 N–H and O–H groups in total. The predicted molar refractivity (Wildman–Crippen MR) is 72.0 cm³/mol. The molecule has 0 aromatic rings. The zero-order chi connectivity index (χ0) is 12.3. The summed E-state index contributed by atoms with van der Waals surface area (Å²) in [4.78, 5) is 2.22. The van der Waals surface area contributed by atoms with Gasteiger partial charge in [0.2, 0.25) is 0 Å². The van der Waals surface area contributed by atoms with E-state index in [9.17, 15) is 0 Å². The molecule has 15 heavy (non-hydrogen) atoms. The van der Waals surface area contributed by atoms with Crippen molar-refractivity contribution >= 4 is 0 Å². The third kappa shape index (κ3) is 8.04. The van der Waals surface area contributed by atoms with Crippen LogP contribution in [0.25, 0.3) is 0 Å². The minimum atomic E-state index is 1.00. The van der Waals surface area contributed by atoms with Crippen molar-refractivity contribution < 1.29 is 0 Å². The zero-order valence-electron chi connectivity index (χ0n) is 11.1. The van der Waals surface area contributed by atoms with Crippen LogP contribution < -0.4 is 0 Å². The largest absolute Gasteiger partial charge is 0.373 e. The van der Waals surface area contributed by atoms with Crippen LogP contribution in [0.2, 0.25) is 0 Å². The molecule has 0 aliphatic carbocycles. The van der Waals surface area contributed by atoms with Gasteiger partial charge in [0.05, 0.1) is 0 Å². The van der Waals surface area contributed by atoms with Gasteiger partial charge in [0.15, 0.2) is 0 Å². The van der Waals surface area contributed by atoms with Gasteiger partial charge >= 0.3 is 0 Å². The van der Waals surface area contributed by atoms with E-state index in [1.54, 1.807) is 0 Å². The Bertz CT molecular complexity index is 197. The van der Waals surface area contributed by atoms with E-state index in [1.165, 1.54) is 0 Å². The van der Waals surface area contributed by atoms with Crippen LogP contribution in [0.5, 0.6) is 0 Å². The molecule has 0 heterocycles. The molecule has 0 aliphatic heterocycles. The molecule has 0 bridgehead atoms. The average Bonchev–Trinajstić information content (AvgIpc) is 2.30. The van der Waals surface area contributed by atoms with Gasteiger partial charge in [0, 0.05) is 18.8 Å². The fourth-order valence-corrected chi connectivity index (χ4v) is 1.07. The van der Waals surface area contributed by atoms with Crippen LogP contribution in [-0.4, -0.2) is 18.0 Å². The summed E-state index contributed by atoms with van der Waals surface area (Å²) in [6.07, 6.45) is 5.08. The second-order valence-electron chi connectivity index (χ2n) is 3.01. The van der Waals surface area contributed by atoms with Crippen molar-refractivity contribution in [2.45, 2.75) is 41.0 Å². The van der Waals surface area contributed by atoms with E-state index in [4.69, 9.17) is 0 Å². The van der Waals surface area contributed by atoms with E-state index in [0.29, 0.717) is 0 Å². The molecule has 0 unspecified atom stereocenters. The summed E-state index contributed by atoms with van der Waals surface area (Å²) >= 11 is 0. The molecule has 1 heteroatoms. The Morgan fingerprint density at radius 1 is 1.00 bits per heavy atom. The summed E-state index contributed by atoms with van der Waals surface area (Å²) < 4.78 is 0. The van der Waals surface area contributed by atoms with Gasteiger partial charge in [-0.2, -0.15) is 0 Å². The summed E-state index contributed by atoms with van der Waals surface area (Å²) in [5, 5.41) is 0. The molecule has 0 rings (SSSR count). The van der Waals surface area contributed by atoms with Crippen LogP contribution in [-0.2, 0) is 0 Å². The maximum absolute atomic E-state index is 4.00. The molecule has 0 spiro atoms. The average molecular weight is 209 g/mol. The summed E-state index contributed by atoms with van der Waals surface area (Å²) in [5.74, 6) is 0. The molecule has 0 saturated heterocycles. The van der Waals surface area contributed by atoms with E-state index < -0.39 is 0 Å². The van der Waals surface area contributed by atoms with Gasteiger partial charge in [-0.25, -0.2) is 0 Å². The van der Waals surface area contributed by atoms with Crippen LogP contribution >= 0.6 is 0 Å². The monoisotopic (exact) mass is 209 g/mol. The van der Waals surface area contributed by atoms with Crippen molar-refractivity contribution in [3.05, 3.63) is 36.6 Å². The van der Waals surface area contributed by atoms with Crippen LogP contribution in [0.4, 0.5) is 0 Å². The first-order valence-corrected chi connectivity index (χ1v) is 5.95. The van der Waals surface area contributed by atoms with Gasteiger partial charge in [0.1, 0.15) is 0 Å². The number of allylic oxidation sites excluding steroid dienone is 3. The number of hydrogen-bond acceptors (Lipinski definition) is 1. The SMILES string of the molecule is C=C(/C=C\C(=C)N(CC)CC)CC.CC. The lowest BCUT2D eigenvalue weighted by Crippen LogP contribution is -2.20. The molecule has 0 aliphatic rings. The lowest BCUT2D eigenvalue weighted by molar-refractivity contribution is 0.396. The third-order valence-electron chi connectivity index (χ3n) is 2.14. The Morgan fingerprint density at radius 2 is 1.47 bits per heavy atom. The molecule has 0 fully saturated rings. The first-order chi connectivity index (χ1) is 7.15. The maximum atomic E-state index is 4.00. The van der Waals surface area contributed by atoms with E-state index in [1.807, 2.05) is 26.0 Å².